The van der Waals surface area contributed by atoms with E-state index in [4.69, 9.17) is 16.6 Å². The summed E-state index contributed by atoms with van der Waals surface area (Å²) >= 11 is 6.63. The van der Waals surface area contributed by atoms with Crippen LogP contribution in [0, 0.1) is 0 Å². The van der Waals surface area contributed by atoms with Crippen molar-refractivity contribution in [1.82, 2.24) is 34.4 Å². The molecule has 2 aliphatic rings. The molecule has 1 aliphatic heterocycles. The molecule has 0 radical (unpaired) electrons. The van der Waals surface area contributed by atoms with Crippen molar-refractivity contribution in [3.63, 3.8) is 0 Å². The van der Waals surface area contributed by atoms with Crippen LogP contribution in [0.1, 0.15) is 60.8 Å². The third-order valence-electron chi connectivity index (χ3n) is 7.68. The Morgan fingerprint density at radius 1 is 1.17 bits per heavy atom. The number of hydrogen-bond acceptors (Lipinski definition) is 6. The van der Waals surface area contributed by atoms with Gasteiger partial charge in [-0.25, -0.2) is 18.2 Å². The largest absolute Gasteiger partial charge is 0.336 e. The lowest BCUT2D eigenvalue weighted by atomic mass is 9.87. The van der Waals surface area contributed by atoms with Crippen molar-refractivity contribution >= 4 is 39.3 Å². The Balaban J connectivity index is 1.59. The Kier molecular flexibility index (Phi) is 8.48. The minimum absolute atomic E-state index is 0.109. The molecule has 1 aliphatic carbocycles. The van der Waals surface area contributed by atoms with Crippen molar-refractivity contribution in [3.05, 3.63) is 82.2 Å². The maximum atomic E-state index is 13.3. The third-order valence-corrected chi connectivity index (χ3v) is 9.22. The molecule has 2 unspecified atom stereocenters. The fourth-order valence-electron chi connectivity index (χ4n) is 5.71. The molecule has 42 heavy (non-hydrogen) atoms. The number of aryl methyl sites for hydroxylation is 1. The highest BCUT2D eigenvalue weighted by Crippen LogP contribution is 2.43. The van der Waals surface area contributed by atoms with E-state index in [1.165, 1.54) is 10.6 Å². The van der Waals surface area contributed by atoms with Crippen LogP contribution < -0.4 is 10.6 Å². The Bertz CT molecular complexity index is 1600. The predicted molar refractivity (Wildman–Crippen MR) is 166 cm³/mol. The van der Waals surface area contributed by atoms with Crippen molar-refractivity contribution in [3.8, 4) is 0 Å². The first-order valence-corrected chi connectivity index (χ1v) is 16.2. The Labute approximate surface area is 252 Å². The second-order valence-electron chi connectivity index (χ2n) is 12.0. The van der Waals surface area contributed by atoms with Gasteiger partial charge in [0.05, 0.1) is 36.2 Å². The molecule has 1 fully saturated rings. The number of amides is 2. The molecule has 1 saturated heterocycles. The minimum Gasteiger partial charge on any atom is -0.336 e. The molecule has 0 spiro atoms. The summed E-state index contributed by atoms with van der Waals surface area (Å²) in [6.07, 6.45) is 8.64. The first-order valence-electron chi connectivity index (χ1n) is 14.0. The number of carbonyl (C=O) groups excluding carboxylic acids is 1. The van der Waals surface area contributed by atoms with Crippen LogP contribution >= 0.6 is 11.6 Å². The molecule has 224 valence electrons. The summed E-state index contributed by atoms with van der Waals surface area (Å²) in [4.78, 5) is 24.8. The molecule has 1 aromatic carbocycles. The number of aromatic nitrogens is 3. The standard InChI is InChI=1S/C30H38ClN7O3S/c1-30(2,3)35-29(39)34-28(26-17-32-19-36(26)4)24-15-20-7-6-10-33-27(20)25(22-9-8-21(31)16-23(22)24)18-37-11-13-38(14-12-37)42(5,40)41/h6-10,15-17,19,25,28H,11-14,18H2,1-5H3,(H2,34,35,39). The van der Waals surface area contributed by atoms with Crippen LogP contribution in [0.25, 0.3) is 11.6 Å². The van der Waals surface area contributed by atoms with E-state index in [0.717, 1.165) is 33.7 Å². The van der Waals surface area contributed by atoms with Crippen LogP contribution in [0.2, 0.25) is 5.02 Å². The smallest absolute Gasteiger partial charge is 0.315 e. The zero-order chi connectivity index (χ0) is 30.2. The van der Waals surface area contributed by atoms with E-state index in [-0.39, 0.29) is 11.9 Å². The average molecular weight is 612 g/mol. The number of rotatable bonds is 6. The maximum absolute atomic E-state index is 13.3. The van der Waals surface area contributed by atoms with Crippen molar-refractivity contribution < 1.29 is 13.2 Å². The van der Waals surface area contributed by atoms with Gasteiger partial charge in [-0.3, -0.25) is 9.88 Å². The SMILES string of the molecule is Cn1cncc1C(NC(=O)NC(C)(C)C)C1=Cc2cccnc2C(CN2CCN(S(C)(=O)=O)CC2)c2ccc(Cl)cc21. The molecule has 5 rings (SSSR count). The van der Waals surface area contributed by atoms with Crippen molar-refractivity contribution in [2.75, 3.05) is 39.0 Å². The van der Waals surface area contributed by atoms with E-state index >= 15 is 0 Å². The van der Waals surface area contributed by atoms with Gasteiger partial charge < -0.3 is 15.2 Å². The number of piperazine rings is 1. The topological polar surface area (TPSA) is 112 Å². The fraction of sp³-hybridized carbons (Fsp3) is 0.433. The number of nitrogens with zero attached hydrogens (tertiary/aromatic N) is 5. The number of nitrogens with one attached hydrogen (secondary N) is 2. The Morgan fingerprint density at radius 3 is 2.55 bits per heavy atom. The van der Waals surface area contributed by atoms with Crippen LogP contribution in [-0.2, 0) is 17.1 Å². The van der Waals surface area contributed by atoms with Crippen molar-refractivity contribution in [2.24, 2.45) is 7.05 Å². The molecule has 2 aromatic heterocycles. The second-order valence-corrected chi connectivity index (χ2v) is 14.5. The predicted octanol–water partition coefficient (Wildman–Crippen LogP) is 3.87. The molecular formula is C30H38ClN7O3S. The number of fused-ring (bicyclic) bond motifs is 2. The molecule has 10 nitrogen and oxygen atoms in total. The number of imidazole rings is 1. The molecular weight excluding hydrogens is 574 g/mol. The van der Waals surface area contributed by atoms with E-state index < -0.39 is 21.6 Å². The van der Waals surface area contributed by atoms with Gasteiger partial charge in [-0.2, -0.15) is 4.31 Å². The van der Waals surface area contributed by atoms with Crippen molar-refractivity contribution in [2.45, 2.75) is 38.3 Å². The van der Waals surface area contributed by atoms with Crippen LogP contribution in [0.4, 0.5) is 4.79 Å². The van der Waals surface area contributed by atoms with E-state index in [0.29, 0.717) is 37.7 Å². The summed E-state index contributed by atoms with van der Waals surface area (Å²) in [5.74, 6) is -0.109. The number of urea groups is 1. The molecule has 3 heterocycles. The Hall–Kier alpha value is -3.25. The van der Waals surface area contributed by atoms with Crippen LogP contribution in [0.3, 0.4) is 0 Å². The van der Waals surface area contributed by atoms with Gasteiger partial charge in [0.2, 0.25) is 10.0 Å². The van der Waals surface area contributed by atoms with Gasteiger partial charge in [0.25, 0.3) is 0 Å². The third kappa shape index (κ3) is 6.70. The van der Waals surface area contributed by atoms with E-state index in [9.17, 15) is 13.2 Å². The molecule has 0 bridgehead atoms. The monoisotopic (exact) mass is 611 g/mol. The minimum atomic E-state index is -3.23. The molecule has 2 N–H and O–H groups in total. The first kappa shape index (κ1) is 30.2. The highest BCUT2D eigenvalue weighted by atomic mass is 35.5. The van der Waals surface area contributed by atoms with Gasteiger partial charge in [0, 0.05) is 62.4 Å². The maximum Gasteiger partial charge on any atom is 0.315 e. The van der Waals surface area contributed by atoms with Gasteiger partial charge in [-0.1, -0.05) is 23.7 Å². The summed E-state index contributed by atoms with van der Waals surface area (Å²) < 4.78 is 27.6. The van der Waals surface area contributed by atoms with Crippen molar-refractivity contribution in [1.29, 1.82) is 0 Å². The normalized spacial score (nSPS) is 18.8. The quantitative estimate of drug-likeness (QED) is 0.438. The number of sulfonamides is 1. The summed E-state index contributed by atoms with van der Waals surface area (Å²) in [6, 6.07) is 9.00. The fourth-order valence-corrected chi connectivity index (χ4v) is 6.71. The van der Waals surface area contributed by atoms with Gasteiger partial charge in [-0.05, 0) is 67.3 Å². The van der Waals surface area contributed by atoms with Crippen LogP contribution in [-0.4, -0.2) is 82.7 Å². The van der Waals surface area contributed by atoms with Gasteiger partial charge in [0.15, 0.2) is 0 Å². The van der Waals surface area contributed by atoms with Crippen LogP contribution in [0.5, 0.6) is 0 Å². The van der Waals surface area contributed by atoms with Gasteiger partial charge in [0.1, 0.15) is 0 Å². The zero-order valence-electron chi connectivity index (χ0n) is 24.6. The number of halogens is 1. The molecule has 2 atom stereocenters. The average Bonchev–Trinajstić information content (AvgIpc) is 3.28. The van der Waals surface area contributed by atoms with Gasteiger partial charge >= 0.3 is 6.03 Å². The van der Waals surface area contributed by atoms with Crippen LogP contribution in [0.15, 0.2) is 49.1 Å². The van der Waals surface area contributed by atoms with E-state index in [2.05, 4.69) is 26.6 Å². The number of carbonyl (C=O) groups is 1. The highest BCUT2D eigenvalue weighted by molar-refractivity contribution is 7.88. The molecule has 12 heteroatoms. The lowest BCUT2D eigenvalue weighted by Gasteiger charge is -2.35. The first-order chi connectivity index (χ1) is 19.8. The van der Waals surface area contributed by atoms with E-state index in [1.807, 2.05) is 62.7 Å². The number of pyridine rings is 1. The summed E-state index contributed by atoms with van der Waals surface area (Å²) in [5, 5.41) is 6.81. The molecule has 0 saturated carbocycles. The lowest BCUT2D eigenvalue weighted by Crippen LogP contribution is -2.49. The van der Waals surface area contributed by atoms with Gasteiger partial charge in [-0.15, -0.1) is 0 Å². The highest BCUT2D eigenvalue weighted by Gasteiger charge is 2.34. The summed E-state index contributed by atoms with van der Waals surface area (Å²) in [7, 11) is -1.32. The Morgan fingerprint density at radius 2 is 1.90 bits per heavy atom. The van der Waals surface area contributed by atoms with E-state index in [1.54, 1.807) is 18.7 Å². The lowest BCUT2D eigenvalue weighted by molar-refractivity contribution is 0.184. The molecule has 2 amide bonds. The number of benzene rings is 1. The summed E-state index contributed by atoms with van der Waals surface area (Å²) in [6.45, 7) is 8.63. The number of hydrogen-bond donors (Lipinski definition) is 2. The summed E-state index contributed by atoms with van der Waals surface area (Å²) in [5.41, 5.74) is 5.09. The zero-order valence-corrected chi connectivity index (χ0v) is 26.2. The molecule has 3 aromatic rings. The second kappa shape index (κ2) is 11.8.